The lowest BCUT2D eigenvalue weighted by atomic mass is 10.6. The van der Waals surface area contributed by atoms with Gasteiger partial charge in [-0.3, -0.25) is 4.90 Å². The lowest BCUT2D eigenvalue weighted by Crippen LogP contribution is -2.28. The molecule has 0 aliphatic carbocycles. The fourth-order valence-electron chi connectivity index (χ4n) is 0.963. The van der Waals surface area contributed by atoms with Crippen molar-refractivity contribution in [1.29, 1.82) is 0 Å². The van der Waals surface area contributed by atoms with Crippen LogP contribution in [0.1, 0.15) is 0 Å². The van der Waals surface area contributed by atoms with Crippen LogP contribution in [0.5, 0.6) is 5.88 Å². The molecule has 0 spiro atoms. The van der Waals surface area contributed by atoms with E-state index >= 15 is 0 Å². The van der Waals surface area contributed by atoms with Gasteiger partial charge >= 0.3 is 6.09 Å². The van der Waals surface area contributed by atoms with Crippen LogP contribution in [-0.4, -0.2) is 36.0 Å². The maximum atomic E-state index is 10.9. The third-order valence-electron chi connectivity index (χ3n) is 1.63. The van der Waals surface area contributed by atoms with Gasteiger partial charge in [-0.1, -0.05) is 0 Å². The lowest BCUT2D eigenvalue weighted by Gasteiger charge is -2.11. The summed E-state index contributed by atoms with van der Waals surface area (Å²) in [6.07, 6.45) is 1.04. The van der Waals surface area contributed by atoms with E-state index in [0.29, 0.717) is 19.0 Å². The molecule has 6 nitrogen and oxygen atoms in total. The summed E-state index contributed by atoms with van der Waals surface area (Å²) < 4.78 is 14.4. The maximum absolute atomic E-state index is 10.9. The highest BCUT2D eigenvalue weighted by molar-refractivity contribution is 5.85. The average Bonchev–Trinajstić information content (AvgIpc) is 2.72. The molecule has 1 fully saturated rings. The summed E-state index contributed by atoms with van der Waals surface area (Å²) in [5, 5.41) is 3.53. The molecule has 1 amide bonds. The van der Waals surface area contributed by atoms with Crippen molar-refractivity contribution >= 4 is 18.5 Å². The van der Waals surface area contributed by atoms with Gasteiger partial charge in [-0.2, -0.15) is 0 Å². The first-order valence-corrected chi connectivity index (χ1v) is 3.81. The van der Waals surface area contributed by atoms with Crippen molar-refractivity contribution in [2.45, 2.75) is 0 Å². The summed E-state index contributed by atoms with van der Waals surface area (Å²) in [6, 6.07) is 1.57. The number of amides is 1. The molecule has 0 saturated carbocycles. The minimum absolute atomic E-state index is 0. The van der Waals surface area contributed by atoms with Gasteiger partial charge in [-0.15, -0.1) is 12.4 Å². The largest absolute Gasteiger partial charge is 0.454 e. The van der Waals surface area contributed by atoms with Crippen molar-refractivity contribution in [3.8, 4) is 5.88 Å². The highest BCUT2D eigenvalue weighted by atomic mass is 35.5. The molecular formula is C7H9ClN2O4. The molecule has 0 bridgehead atoms. The summed E-state index contributed by atoms with van der Waals surface area (Å²) in [6.45, 7) is 1.11. The second-order valence-corrected chi connectivity index (χ2v) is 2.49. The van der Waals surface area contributed by atoms with Crippen LogP contribution in [0.4, 0.5) is 4.79 Å². The number of carbonyl (C=O) groups excluding carboxylic acids is 1. The van der Waals surface area contributed by atoms with E-state index in [1.54, 1.807) is 6.07 Å². The normalized spacial score (nSPS) is 14.9. The van der Waals surface area contributed by atoms with Crippen LogP contribution in [0.2, 0.25) is 0 Å². The third-order valence-corrected chi connectivity index (χ3v) is 1.63. The summed E-state index contributed by atoms with van der Waals surface area (Å²) >= 11 is 0. The Morgan fingerprint density at radius 1 is 1.64 bits per heavy atom. The second kappa shape index (κ2) is 4.71. The molecule has 2 rings (SSSR count). The van der Waals surface area contributed by atoms with Crippen LogP contribution >= 0.6 is 12.4 Å². The standard InChI is InChI=1S/C7H8N2O4.ClH/c10-7-9(2-4-11-7)5-12-6-1-3-13-8-6;/h1,3H,2,4-5H2;1H. The fourth-order valence-corrected chi connectivity index (χ4v) is 0.963. The predicted octanol–water partition coefficient (Wildman–Crippen LogP) is 0.885. The zero-order chi connectivity index (χ0) is 9.10. The number of ether oxygens (including phenoxy) is 2. The number of hydrogen-bond acceptors (Lipinski definition) is 5. The molecule has 1 aliphatic rings. The minimum atomic E-state index is -0.358. The number of nitrogens with zero attached hydrogens (tertiary/aromatic N) is 2. The molecule has 0 aromatic carbocycles. The Balaban J connectivity index is 0.000000980. The number of aromatic nitrogens is 1. The SMILES string of the molecule is Cl.O=C1OCCN1COc1ccon1. The van der Waals surface area contributed by atoms with Crippen LogP contribution in [0.15, 0.2) is 16.9 Å². The van der Waals surface area contributed by atoms with Gasteiger partial charge in [-0.25, -0.2) is 4.79 Å². The number of hydrogen-bond donors (Lipinski definition) is 0. The third kappa shape index (κ3) is 2.29. The van der Waals surface area contributed by atoms with E-state index in [9.17, 15) is 4.79 Å². The first kappa shape index (κ1) is 10.6. The van der Waals surface area contributed by atoms with Crippen LogP contribution in [-0.2, 0) is 4.74 Å². The van der Waals surface area contributed by atoms with E-state index in [0.717, 1.165) is 0 Å². The van der Waals surface area contributed by atoms with Gasteiger partial charge in [0.1, 0.15) is 12.9 Å². The quantitative estimate of drug-likeness (QED) is 0.757. The van der Waals surface area contributed by atoms with Crippen molar-refractivity contribution < 1.29 is 18.8 Å². The van der Waals surface area contributed by atoms with E-state index in [2.05, 4.69) is 9.68 Å². The zero-order valence-corrected chi connectivity index (χ0v) is 8.03. The Morgan fingerprint density at radius 3 is 3.07 bits per heavy atom. The lowest BCUT2D eigenvalue weighted by molar-refractivity contribution is 0.124. The summed E-state index contributed by atoms with van der Waals surface area (Å²) in [7, 11) is 0. The first-order chi connectivity index (χ1) is 6.36. The molecule has 14 heavy (non-hydrogen) atoms. The molecule has 1 aromatic rings. The predicted molar refractivity (Wildman–Crippen MR) is 47.3 cm³/mol. The van der Waals surface area contributed by atoms with E-state index in [-0.39, 0.29) is 25.2 Å². The van der Waals surface area contributed by atoms with Crippen molar-refractivity contribution in [3.05, 3.63) is 12.3 Å². The van der Waals surface area contributed by atoms with Crippen molar-refractivity contribution in [2.75, 3.05) is 19.9 Å². The number of halogens is 1. The average molecular weight is 221 g/mol. The summed E-state index contributed by atoms with van der Waals surface area (Å²) in [5.41, 5.74) is 0. The monoisotopic (exact) mass is 220 g/mol. The highest BCUT2D eigenvalue weighted by Crippen LogP contribution is 2.07. The maximum Gasteiger partial charge on any atom is 0.412 e. The van der Waals surface area contributed by atoms with Crippen LogP contribution in [0, 0.1) is 0 Å². The van der Waals surface area contributed by atoms with Gasteiger partial charge in [0.2, 0.25) is 0 Å². The highest BCUT2D eigenvalue weighted by Gasteiger charge is 2.22. The van der Waals surface area contributed by atoms with Crippen LogP contribution in [0.3, 0.4) is 0 Å². The summed E-state index contributed by atoms with van der Waals surface area (Å²) in [5.74, 6) is 0.361. The topological polar surface area (TPSA) is 64.8 Å². The molecule has 1 aromatic heterocycles. The van der Waals surface area contributed by atoms with Gasteiger partial charge in [-0.05, 0) is 5.16 Å². The van der Waals surface area contributed by atoms with Gasteiger partial charge in [0.25, 0.3) is 5.88 Å². The Hall–Kier alpha value is -1.43. The minimum Gasteiger partial charge on any atom is -0.454 e. The number of cyclic esters (lactones) is 1. The second-order valence-electron chi connectivity index (χ2n) is 2.49. The fraction of sp³-hybridized carbons (Fsp3) is 0.429. The van der Waals surface area contributed by atoms with Crippen molar-refractivity contribution in [1.82, 2.24) is 10.1 Å². The van der Waals surface area contributed by atoms with Crippen molar-refractivity contribution in [2.24, 2.45) is 0 Å². The van der Waals surface area contributed by atoms with E-state index in [1.807, 2.05) is 0 Å². The first-order valence-electron chi connectivity index (χ1n) is 3.81. The molecule has 0 N–H and O–H groups in total. The van der Waals surface area contributed by atoms with E-state index < -0.39 is 0 Å². The Bertz CT molecular complexity index is 290. The molecule has 0 unspecified atom stereocenters. The van der Waals surface area contributed by atoms with Gasteiger partial charge in [0, 0.05) is 6.07 Å². The molecule has 7 heteroatoms. The van der Waals surface area contributed by atoms with Gasteiger partial charge in [0.05, 0.1) is 6.54 Å². The molecule has 2 heterocycles. The summed E-state index contributed by atoms with van der Waals surface area (Å²) in [4.78, 5) is 12.4. The zero-order valence-electron chi connectivity index (χ0n) is 7.21. The molecule has 1 saturated heterocycles. The smallest absolute Gasteiger partial charge is 0.412 e. The Labute approximate surface area is 86.2 Å². The van der Waals surface area contributed by atoms with Crippen LogP contribution in [0.25, 0.3) is 0 Å². The number of carbonyl (C=O) groups is 1. The van der Waals surface area contributed by atoms with Gasteiger partial charge < -0.3 is 14.0 Å². The Kier molecular flexibility index (Phi) is 3.58. The van der Waals surface area contributed by atoms with Crippen LogP contribution < -0.4 is 4.74 Å². The number of rotatable bonds is 3. The molecule has 1 aliphatic heterocycles. The molecule has 0 atom stereocenters. The molecule has 78 valence electrons. The van der Waals surface area contributed by atoms with Gasteiger partial charge in [0.15, 0.2) is 6.73 Å². The molecule has 0 radical (unpaired) electrons. The van der Waals surface area contributed by atoms with E-state index in [4.69, 9.17) is 9.47 Å². The molecular weight excluding hydrogens is 212 g/mol. The van der Waals surface area contributed by atoms with E-state index in [1.165, 1.54) is 11.2 Å². The van der Waals surface area contributed by atoms with Crippen molar-refractivity contribution in [3.63, 3.8) is 0 Å². The Morgan fingerprint density at radius 2 is 2.50 bits per heavy atom.